The molecule has 1 rings (SSSR count). The van der Waals surface area contributed by atoms with E-state index in [1.165, 1.54) is 0 Å². The summed E-state index contributed by atoms with van der Waals surface area (Å²) in [5.41, 5.74) is 8.88. The zero-order valence-corrected chi connectivity index (χ0v) is 5.89. The fourth-order valence-electron chi connectivity index (χ4n) is 0.878. The predicted molar refractivity (Wildman–Crippen MR) is 33.8 cm³/mol. The van der Waals surface area contributed by atoms with Crippen LogP contribution >= 0.6 is 0 Å². The third kappa shape index (κ3) is 1.95. The van der Waals surface area contributed by atoms with Gasteiger partial charge in [0.25, 0.3) is 0 Å². The first-order chi connectivity index (χ1) is 4.10. The first-order valence-electron chi connectivity index (χ1n) is 2.99. The van der Waals surface area contributed by atoms with Gasteiger partial charge >= 0.3 is 0 Å². The highest BCUT2D eigenvalue weighted by atomic mass is 32.2. The topological polar surface area (TPSA) is 56.4 Å². The van der Waals surface area contributed by atoms with Gasteiger partial charge in [0.15, 0.2) is 0 Å². The lowest BCUT2D eigenvalue weighted by Crippen LogP contribution is -2.27. The third-order valence-electron chi connectivity index (χ3n) is 1.52. The first-order valence-corrected chi connectivity index (χ1v) is 4.81. The van der Waals surface area contributed by atoms with E-state index in [2.05, 4.69) is 0 Å². The zero-order chi connectivity index (χ0) is 6.91. The highest BCUT2D eigenvalue weighted by Gasteiger charge is 2.21. The van der Waals surface area contributed by atoms with Crippen LogP contribution in [0.5, 0.6) is 0 Å². The van der Waals surface area contributed by atoms with Gasteiger partial charge in [-0.05, 0) is 12.8 Å². The van der Waals surface area contributed by atoms with Crippen LogP contribution in [0.15, 0.2) is 0 Å². The summed E-state index contributed by atoms with van der Waals surface area (Å²) in [7, 11) is -2.78. The smallest absolute Gasteiger partial charge is 0.150 e. The lowest BCUT2D eigenvalue weighted by Gasteiger charge is -2.14. The van der Waals surface area contributed by atoms with E-state index in [4.69, 9.17) is 5.73 Å². The molecule has 1 aliphatic rings. The average molecular weight is 147 g/mol. The Labute approximate surface area is 55.2 Å². The highest BCUT2D eigenvalue weighted by molar-refractivity contribution is 7.91. The second-order valence-electron chi connectivity index (χ2n) is 2.38. The van der Waals surface area contributed by atoms with Crippen molar-refractivity contribution >= 4 is 9.84 Å². The van der Waals surface area contributed by atoms with Gasteiger partial charge in [0.2, 0.25) is 0 Å². The number of hydrogen-bond donors (Lipinski definition) is 0. The summed E-state index contributed by atoms with van der Waals surface area (Å²) in [4.78, 5) is 0. The summed E-state index contributed by atoms with van der Waals surface area (Å²) in [6.07, 6.45) is 0.838. The summed E-state index contributed by atoms with van der Waals surface area (Å²) in [6, 6.07) is -0.381. The van der Waals surface area contributed by atoms with Crippen molar-refractivity contribution in [1.29, 1.82) is 0 Å². The monoisotopic (exact) mass is 147 g/mol. The molecule has 9 heavy (non-hydrogen) atoms. The molecule has 1 fully saturated rings. The van der Waals surface area contributed by atoms with Gasteiger partial charge in [0.1, 0.15) is 9.84 Å². The Kier molecular flexibility index (Phi) is 1.77. The van der Waals surface area contributed by atoms with Gasteiger partial charge in [-0.1, -0.05) is 0 Å². The minimum absolute atomic E-state index is 0.161. The quantitative estimate of drug-likeness (QED) is 0.469. The molecule has 0 N–H and O–H groups in total. The van der Waals surface area contributed by atoms with Crippen molar-refractivity contribution in [2.45, 2.75) is 18.9 Å². The van der Waals surface area contributed by atoms with Crippen LogP contribution in [0.3, 0.4) is 0 Å². The molecule has 1 aliphatic heterocycles. The lowest BCUT2D eigenvalue weighted by atomic mass is 10.2. The van der Waals surface area contributed by atoms with Crippen LogP contribution in [0.2, 0.25) is 0 Å². The van der Waals surface area contributed by atoms with Crippen LogP contribution in [-0.2, 0) is 9.84 Å². The summed E-state index contributed by atoms with van der Waals surface area (Å²) in [6.45, 7) is 0. The molecule has 0 amide bonds. The maximum atomic E-state index is 10.7. The Morgan fingerprint density at radius 2 is 1.67 bits per heavy atom. The molecule has 52 valence electrons. The number of sulfone groups is 1. The molecule has 0 aromatic carbocycles. The lowest BCUT2D eigenvalue weighted by molar-refractivity contribution is 0.540. The highest BCUT2D eigenvalue weighted by Crippen LogP contribution is 2.10. The zero-order valence-electron chi connectivity index (χ0n) is 5.08. The van der Waals surface area contributed by atoms with E-state index >= 15 is 0 Å². The molecule has 0 aliphatic carbocycles. The summed E-state index contributed by atoms with van der Waals surface area (Å²) in [5, 5.41) is 0. The van der Waals surface area contributed by atoms with Crippen LogP contribution in [-0.4, -0.2) is 26.0 Å². The summed E-state index contributed by atoms with van der Waals surface area (Å²) >= 11 is 0. The van der Waals surface area contributed by atoms with Gasteiger partial charge in [-0.3, -0.25) is 0 Å². The average Bonchev–Trinajstić information content (AvgIpc) is 1.78. The molecule has 1 saturated heterocycles. The molecular weight excluding hydrogens is 138 g/mol. The summed E-state index contributed by atoms with van der Waals surface area (Å²) < 4.78 is 21.4. The van der Waals surface area contributed by atoms with Crippen molar-refractivity contribution in [3.05, 3.63) is 0 Å². The predicted octanol–water partition coefficient (Wildman–Crippen LogP) is -0.368. The van der Waals surface area contributed by atoms with Crippen LogP contribution in [0, 0.1) is 0 Å². The fourth-order valence-corrected chi connectivity index (χ4v) is 2.34. The SMILES string of the molecule is [N]C1CCS(=O)(=O)CC1. The largest absolute Gasteiger partial charge is 0.229 e. The van der Waals surface area contributed by atoms with Crippen molar-refractivity contribution in [2.24, 2.45) is 0 Å². The van der Waals surface area contributed by atoms with E-state index in [9.17, 15) is 8.42 Å². The van der Waals surface area contributed by atoms with Gasteiger partial charge in [0.05, 0.1) is 11.5 Å². The molecule has 4 heteroatoms. The van der Waals surface area contributed by atoms with Gasteiger partial charge in [-0.15, -0.1) is 5.73 Å². The van der Waals surface area contributed by atoms with Crippen LogP contribution in [0.25, 0.3) is 0 Å². The molecular formula is C5H9NO2S. The van der Waals surface area contributed by atoms with Crippen molar-refractivity contribution in [1.82, 2.24) is 5.73 Å². The van der Waals surface area contributed by atoms with Crippen molar-refractivity contribution in [3.63, 3.8) is 0 Å². The van der Waals surface area contributed by atoms with Crippen molar-refractivity contribution < 1.29 is 8.42 Å². The Balaban J connectivity index is 2.55. The van der Waals surface area contributed by atoms with Gasteiger partial charge < -0.3 is 0 Å². The number of hydrogen-bond acceptors (Lipinski definition) is 2. The first kappa shape index (κ1) is 7.02. The Morgan fingerprint density at radius 1 is 1.22 bits per heavy atom. The molecule has 0 spiro atoms. The fraction of sp³-hybridized carbons (Fsp3) is 1.00. The van der Waals surface area contributed by atoms with Crippen LogP contribution < -0.4 is 5.73 Å². The maximum absolute atomic E-state index is 10.7. The minimum Gasteiger partial charge on any atom is -0.229 e. The van der Waals surface area contributed by atoms with E-state index in [-0.39, 0.29) is 17.5 Å². The Bertz CT molecular complexity index is 171. The standard InChI is InChI=1S/C5H9NO2S/c6-5-1-3-9(7,8)4-2-5/h5H,1-4H2. The molecule has 0 atom stereocenters. The van der Waals surface area contributed by atoms with E-state index in [0.717, 1.165) is 0 Å². The molecule has 0 bridgehead atoms. The Morgan fingerprint density at radius 3 is 2.00 bits per heavy atom. The van der Waals surface area contributed by atoms with E-state index < -0.39 is 9.84 Å². The number of nitrogens with zero attached hydrogens (tertiary/aromatic N) is 1. The third-order valence-corrected chi connectivity index (χ3v) is 3.24. The molecule has 1 heterocycles. The summed E-state index contributed by atoms with van der Waals surface area (Å²) in [5.74, 6) is 0.322. The second kappa shape index (κ2) is 2.27. The van der Waals surface area contributed by atoms with Crippen LogP contribution in [0.4, 0.5) is 0 Å². The molecule has 0 saturated carbocycles. The number of rotatable bonds is 0. The second-order valence-corrected chi connectivity index (χ2v) is 4.69. The maximum Gasteiger partial charge on any atom is 0.150 e. The molecule has 3 nitrogen and oxygen atoms in total. The molecule has 0 unspecified atom stereocenters. The van der Waals surface area contributed by atoms with Crippen molar-refractivity contribution in [3.8, 4) is 0 Å². The normalized spacial score (nSPS) is 28.1. The Hall–Kier alpha value is -0.0900. The molecule has 2 radical (unpaired) electrons. The molecule has 0 aromatic rings. The minimum atomic E-state index is -2.78. The molecule has 0 aromatic heterocycles. The van der Waals surface area contributed by atoms with Gasteiger partial charge in [-0.2, -0.15) is 0 Å². The van der Waals surface area contributed by atoms with Crippen LogP contribution in [0.1, 0.15) is 12.8 Å². The van der Waals surface area contributed by atoms with E-state index in [1.807, 2.05) is 0 Å². The van der Waals surface area contributed by atoms with E-state index in [1.54, 1.807) is 0 Å². The van der Waals surface area contributed by atoms with E-state index in [0.29, 0.717) is 12.8 Å². The van der Waals surface area contributed by atoms with Crippen molar-refractivity contribution in [2.75, 3.05) is 11.5 Å². The van der Waals surface area contributed by atoms with Gasteiger partial charge in [-0.25, -0.2) is 8.42 Å². The van der Waals surface area contributed by atoms with Gasteiger partial charge in [0, 0.05) is 6.04 Å².